The molecule has 0 aliphatic carbocycles. The molecule has 19 heavy (non-hydrogen) atoms. The van der Waals surface area contributed by atoms with Crippen LogP contribution >= 0.6 is 0 Å². The number of aliphatic hydroxyl groups excluding tert-OH is 1. The summed E-state index contributed by atoms with van der Waals surface area (Å²) in [6.45, 7) is 3.43. The van der Waals surface area contributed by atoms with E-state index >= 15 is 0 Å². The first-order chi connectivity index (χ1) is 9.15. The number of nitrogens with zero attached hydrogens (tertiary/aromatic N) is 1. The Bertz CT molecular complexity index is 461. The van der Waals surface area contributed by atoms with Crippen molar-refractivity contribution in [1.82, 2.24) is 4.90 Å². The normalized spacial score (nSPS) is 18.5. The molecule has 1 aromatic carbocycles. The number of benzene rings is 1. The lowest BCUT2D eigenvalue weighted by atomic mass is 10.1. The molecule has 5 heteroatoms. The van der Waals surface area contributed by atoms with Crippen LogP contribution < -0.4 is 9.47 Å². The van der Waals surface area contributed by atoms with E-state index in [1.54, 1.807) is 30.2 Å². The molecule has 1 N–H and O–H groups in total. The van der Waals surface area contributed by atoms with Gasteiger partial charge < -0.3 is 19.5 Å². The molecule has 104 valence electrons. The highest BCUT2D eigenvalue weighted by molar-refractivity contribution is 5.95. The number of methoxy groups -OCH3 is 1. The Balaban J connectivity index is 2.18. The van der Waals surface area contributed by atoms with Gasteiger partial charge in [-0.15, -0.1) is 0 Å². The minimum absolute atomic E-state index is 0.0853. The second-order valence-corrected chi connectivity index (χ2v) is 4.49. The molecule has 0 spiro atoms. The van der Waals surface area contributed by atoms with Crippen LogP contribution in [0.5, 0.6) is 11.5 Å². The highest BCUT2D eigenvalue weighted by atomic mass is 16.5. The molecule has 1 atom stereocenters. The summed E-state index contributed by atoms with van der Waals surface area (Å²) in [4.78, 5) is 13.9. The van der Waals surface area contributed by atoms with Crippen molar-refractivity contribution < 1.29 is 19.4 Å². The maximum atomic E-state index is 12.2. The number of β-amino-alcohol motifs (C(OH)–C–C–N with tert-alkyl or cyclic N) is 1. The Morgan fingerprint density at radius 1 is 1.47 bits per heavy atom. The van der Waals surface area contributed by atoms with Gasteiger partial charge in [-0.05, 0) is 31.5 Å². The summed E-state index contributed by atoms with van der Waals surface area (Å²) in [6, 6.07) is 5.14. The van der Waals surface area contributed by atoms with E-state index < -0.39 is 6.10 Å². The number of aliphatic hydroxyl groups is 1. The number of likely N-dealkylation sites (tertiary alicyclic amines) is 1. The number of carbonyl (C=O) groups excluding carboxylic acids is 1. The number of amides is 1. The molecule has 1 fully saturated rings. The fraction of sp³-hybridized carbons (Fsp3) is 0.500. The lowest BCUT2D eigenvalue weighted by Gasteiger charge is -2.17. The summed E-state index contributed by atoms with van der Waals surface area (Å²) in [5.41, 5.74) is 0.550. The third-order valence-electron chi connectivity index (χ3n) is 3.16. The first-order valence-electron chi connectivity index (χ1n) is 6.44. The molecular formula is C14H19NO4. The van der Waals surface area contributed by atoms with Crippen molar-refractivity contribution >= 4 is 5.91 Å². The lowest BCUT2D eigenvalue weighted by molar-refractivity contribution is 0.0764. The van der Waals surface area contributed by atoms with Gasteiger partial charge in [-0.25, -0.2) is 0 Å². The van der Waals surface area contributed by atoms with Crippen molar-refractivity contribution in [3.05, 3.63) is 23.8 Å². The fourth-order valence-corrected chi connectivity index (χ4v) is 2.18. The van der Waals surface area contributed by atoms with Crippen molar-refractivity contribution in [2.75, 3.05) is 26.8 Å². The average Bonchev–Trinajstić information content (AvgIpc) is 2.85. The summed E-state index contributed by atoms with van der Waals surface area (Å²) in [5.74, 6) is 1.09. The number of hydrogen-bond acceptors (Lipinski definition) is 4. The van der Waals surface area contributed by atoms with Gasteiger partial charge in [0.1, 0.15) is 0 Å². The molecule has 0 aromatic heterocycles. The topological polar surface area (TPSA) is 59.0 Å². The van der Waals surface area contributed by atoms with Crippen LogP contribution in [-0.4, -0.2) is 48.8 Å². The Hall–Kier alpha value is -1.75. The monoisotopic (exact) mass is 265 g/mol. The Morgan fingerprint density at radius 3 is 2.84 bits per heavy atom. The number of rotatable bonds is 4. The van der Waals surface area contributed by atoms with Crippen LogP contribution in [0, 0.1) is 0 Å². The zero-order valence-electron chi connectivity index (χ0n) is 11.3. The Morgan fingerprint density at radius 2 is 2.26 bits per heavy atom. The largest absolute Gasteiger partial charge is 0.493 e. The van der Waals surface area contributed by atoms with E-state index in [9.17, 15) is 9.90 Å². The van der Waals surface area contributed by atoms with Gasteiger partial charge in [-0.2, -0.15) is 0 Å². The smallest absolute Gasteiger partial charge is 0.254 e. The van der Waals surface area contributed by atoms with Gasteiger partial charge in [0.15, 0.2) is 11.5 Å². The number of ether oxygens (including phenoxy) is 2. The van der Waals surface area contributed by atoms with E-state index in [1.807, 2.05) is 6.92 Å². The summed E-state index contributed by atoms with van der Waals surface area (Å²) < 4.78 is 10.6. The molecule has 0 radical (unpaired) electrons. The fourth-order valence-electron chi connectivity index (χ4n) is 2.18. The molecule has 1 aromatic rings. The van der Waals surface area contributed by atoms with Gasteiger partial charge in [0.05, 0.1) is 19.8 Å². The SMILES string of the molecule is CCOc1ccc(C(=O)N2CC[C@@H](O)C2)cc1OC. The summed E-state index contributed by atoms with van der Waals surface area (Å²) in [7, 11) is 1.55. The van der Waals surface area contributed by atoms with Crippen molar-refractivity contribution in [1.29, 1.82) is 0 Å². The van der Waals surface area contributed by atoms with Gasteiger partial charge in [0.2, 0.25) is 0 Å². The highest BCUT2D eigenvalue weighted by Gasteiger charge is 2.25. The van der Waals surface area contributed by atoms with E-state index in [4.69, 9.17) is 9.47 Å². The minimum Gasteiger partial charge on any atom is -0.493 e. The molecule has 1 aliphatic rings. The van der Waals surface area contributed by atoms with Gasteiger partial charge in [0, 0.05) is 18.7 Å². The molecule has 5 nitrogen and oxygen atoms in total. The van der Waals surface area contributed by atoms with Crippen molar-refractivity contribution in [3.63, 3.8) is 0 Å². The maximum Gasteiger partial charge on any atom is 0.254 e. The molecule has 2 rings (SSSR count). The van der Waals surface area contributed by atoms with Crippen molar-refractivity contribution in [2.45, 2.75) is 19.4 Å². The predicted molar refractivity (Wildman–Crippen MR) is 70.7 cm³/mol. The van der Waals surface area contributed by atoms with Crippen molar-refractivity contribution in [2.24, 2.45) is 0 Å². The highest BCUT2D eigenvalue weighted by Crippen LogP contribution is 2.29. The van der Waals surface area contributed by atoms with Crippen LogP contribution in [0.3, 0.4) is 0 Å². The van der Waals surface area contributed by atoms with Crippen LogP contribution in [0.25, 0.3) is 0 Å². The number of carbonyl (C=O) groups is 1. The van der Waals surface area contributed by atoms with Gasteiger partial charge in [-0.3, -0.25) is 4.79 Å². The van der Waals surface area contributed by atoms with Crippen LogP contribution in [0.4, 0.5) is 0 Å². The first kappa shape index (κ1) is 13.7. The molecule has 1 saturated heterocycles. The van der Waals surface area contributed by atoms with E-state index in [2.05, 4.69) is 0 Å². The molecule has 1 amide bonds. The number of hydrogen-bond donors (Lipinski definition) is 1. The third-order valence-corrected chi connectivity index (χ3v) is 3.16. The Labute approximate surface area is 112 Å². The van der Waals surface area contributed by atoms with Crippen molar-refractivity contribution in [3.8, 4) is 11.5 Å². The molecule has 0 unspecified atom stereocenters. The molecule has 0 saturated carbocycles. The third kappa shape index (κ3) is 2.98. The summed E-state index contributed by atoms with van der Waals surface area (Å²) in [5, 5.41) is 9.47. The Kier molecular flexibility index (Phi) is 4.27. The second-order valence-electron chi connectivity index (χ2n) is 4.49. The molecule has 0 bridgehead atoms. The van der Waals surface area contributed by atoms with E-state index in [0.29, 0.717) is 43.2 Å². The molecule has 1 aliphatic heterocycles. The van der Waals surface area contributed by atoms with Gasteiger partial charge >= 0.3 is 0 Å². The van der Waals surface area contributed by atoms with Crippen LogP contribution in [0.2, 0.25) is 0 Å². The average molecular weight is 265 g/mol. The van der Waals surface area contributed by atoms with Crippen LogP contribution in [0.1, 0.15) is 23.7 Å². The lowest BCUT2D eigenvalue weighted by Crippen LogP contribution is -2.29. The zero-order valence-corrected chi connectivity index (χ0v) is 11.3. The van der Waals surface area contributed by atoms with Gasteiger partial charge in [-0.1, -0.05) is 0 Å². The van der Waals surface area contributed by atoms with Crippen LogP contribution in [-0.2, 0) is 0 Å². The first-order valence-corrected chi connectivity index (χ1v) is 6.44. The maximum absolute atomic E-state index is 12.2. The zero-order chi connectivity index (χ0) is 13.8. The van der Waals surface area contributed by atoms with E-state index in [-0.39, 0.29) is 5.91 Å². The molecular weight excluding hydrogens is 246 g/mol. The molecule has 1 heterocycles. The summed E-state index contributed by atoms with van der Waals surface area (Å²) >= 11 is 0. The standard InChI is InChI=1S/C14H19NO4/c1-3-19-12-5-4-10(8-13(12)18-2)14(17)15-7-6-11(16)9-15/h4-5,8,11,16H,3,6-7,9H2,1-2H3/t11-/m1/s1. The quantitative estimate of drug-likeness (QED) is 0.891. The van der Waals surface area contributed by atoms with Crippen LogP contribution in [0.15, 0.2) is 18.2 Å². The predicted octanol–water partition coefficient (Wildman–Crippen LogP) is 1.30. The second kappa shape index (κ2) is 5.93. The van der Waals surface area contributed by atoms with E-state index in [1.165, 1.54) is 0 Å². The minimum atomic E-state index is -0.409. The summed E-state index contributed by atoms with van der Waals surface area (Å²) in [6.07, 6.45) is 0.230. The van der Waals surface area contributed by atoms with Gasteiger partial charge in [0.25, 0.3) is 5.91 Å². The van der Waals surface area contributed by atoms with E-state index in [0.717, 1.165) is 0 Å².